The van der Waals surface area contributed by atoms with Crippen LogP contribution in [0.25, 0.3) is 0 Å². The van der Waals surface area contributed by atoms with Crippen LogP contribution < -0.4 is 16.4 Å². The third kappa shape index (κ3) is 4.00. The lowest BCUT2D eigenvalue weighted by Crippen LogP contribution is -2.08. The number of aryl methyl sites for hydroxylation is 1. The molecule has 5 nitrogen and oxygen atoms in total. The molecule has 3 rings (SSSR count). The summed E-state index contributed by atoms with van der Waals surface area (Å²) in [6.07, 6.45) is 1.30. The quantitative estimate of drug-likeness (QED) is 0.654. The van der Waals surface area contributed by atoms with E-state index < -0.39 is 11.6 Å². The predicted molar refractivity (Wildman–Crippen MR) is 94.6 cm³/mol. The van der Waals surface area contributed by atoms with E-state index in [1.807, 2.05) is 31.2 Å². The predicted octanol–water partition coefficient (Wildman–Crippen LogP) is 4.00. The van der Waals surface area contributed by atoms with Crippen LogP contribution in [0.2, 0.25) is 0 Å². The van der Waals surface area contributed by atoms with E-state index >= 15 is 0 Å². The Kier molecular flexibility index (Phi) is 4.74. The van der Waals surface area contributed by atoms with Gasteiger partial charge in [-0.25, -0.2) is 18.7 Å². The van der Waals surface area contributed by atoms with Crippen LogP contribution in [0.15, 0.2) is 48.8 Å². The zero-order valence-electron chi connectivity index (χ0n) is 13.6. The highest BCUT2D eigenvalue weighted by Gasteiger charge is 2.11. The van der Waals surface area contributed by atoms with Crippen LogP contribution in [0.1, 0.15) is 11.1 Å². The topological polar surface area (TPSA) is 75.9 Å². The van der Waals surface area contributed by atoms with Crippen molar-refractivity contribution in [3.05, 3.63) is 71.6 Å². The maximum atomic E-state index is 13.8. The van der Waals surface area contributed by atoms with Gasteiger partial charge in [0, 0.05) is 12.6 Å². The van der Waals surface area contributed by atoms with Gasteiger partial charge in [0.15, 0.2) is 11.6 Å². The minimum atomic E-state index is -0.603. The van der Waals surface area contributed by atoms with E-state index in [1.165, 1.54) is 11.9 Å². The number of nitrogens with zero attached hydrogens (tertiary/aromatic N) is 2. The van der Waals surface area contributed by atoms with Crippen molar-refractivity contribution in [1.29, 1.82) is 0 Å². The third-order valence-electron chi connectivity index (χ3n) is 3.65. The standard InChI is InChI=1S/C18H17F2N5/c1-11-2-4-12(5-3-11)9-22-17-16(21)18(24-10-23-17)25-15-8-13(19)6-7-14(15)20/h2-8,10H,9,21H2,1H3,(H2,22,23,24,25). The fraction of sp³-hybridized carbons (Fsp3) is 0.111. The van der Waals surface area contributed by atoms with Crippen LogP contribution in [0, 0.1) is 18.6 Å². The van der Waals surface area contributed by atoms with E-state index in [9.17, 15) is 8.78 Å². The van der Waals surface area contributed by atoms with Crippen molar-refractivity contribution in [2.45, 2.75) is 13.5 Å². The molecular weight excluding hydrogens is 324 g/mol. The summed E-state index contributed by atoms with van der Waals surface area (Å²) in [4.78, 5) is 8.09. The molecule has 0 aliphatic rings. The van der Waals surface area contributed by atoms with Gasteiger partial charge in [0.1, 0.15) is 23.6 Å². The molecule has 4 N–H and O–H groups in total. The van der Waals surface area contributed by atoms with Crippen molar-refractivity contribution >= 4 is 23.0 Å². The molecule has 0 unspecified atom stereocenters. The number of hydrogen-bond acceptors (Lipinski definition) is 5. The smallest absolute Gasteiger partial charge is 0.159 e. The first-order valence-electron chi connectivity index (χ1n) is 7.65. The van der Waals surface area contributed by atoms with Gasteiger partial charge in [0.2, 0.25) is 0 Å². The molecule has 0 fully saturated rings. The SMILES string of the molecule is Cc1ccc(CNc2ncnc(Nc3cc(F)ccc3F)c2N)cc1. The van der Waals surface area contributed by atoms with Gasteiger partial charge in [-0.15, -0.1) is 0 Å². The largest absolute Gasteiger partial charge is 0.393 e. The Morgan fingerprint density at radius 3 is 2.48 bits per heavy atom. The van der Waals surface area contributed by atoms with Crippen molar-refractivity contribution in [3.8, 4) is 0 Å². The zero-order valence-corrected chi connectivity index (χ0v) is 13.6. The Bertz CT molecular complexity index is 881. The van der Waals surface area contributed by atoms with Gasteiger partial charge in [0.25, 0.3) is 0 Å². The van der Waals surface area contributed by atoms with Crippen LogP contribution in [-0.2, 0) is 6.54 Å². The van der Waals surface area contributed by atoms with Gasteiger partial charge in [-0.3, -0.25) is 0 Å². The summed E-state index contributed by atoms with van der Waals surface area (Å²) in [5.41, 5.74) is 8.45. The molecule has 1 aromatic heterocycles. The summed E-state index contributed by atoms with van der Waals surface area (Å²) >= 11 is 0. The van der Waals surface area contributed by atoms with Gasteiger partial charge in [-0.1, -0.05) is 29.8 Å². The average molecular weight is 341 g/mol. The molecule has 2 aromatic carbocycles. The van der Waals surface area contributed by atoms with Crippen molar-refractivity contribution in [2.75, 3.05) is 16.4 Å². The lowest BCUT2D eigenvalue weighted by molar-refractivity contribution is 0.603. The van der Waals surface area contributed by atoms with Gasteiger partial charge in [0.05, 0.1) is 5.69 Å². The van der Waals surface area contributed by atoms with Crippen LogP contribution in [-0.4, -0.2) is 9.97 Å². The van der Waals surface area contributed by atoms with Crippen molar-refractivity contribution < 1.29 is 8.78 Å². The second-order valence-corrected chi connectivity index (χ2v) is 5.57. The Labute approximate surface area is 143 Å². The molecule has 0 saturated carbocycles. The lowest BCUT2D eigenvalue weighted by Gasteiger charge is -2.13. The molecule has 0 saturated heterocycles. The molecule has 128 valence electrons. The van der Waals surface area contributed by atoms with Gasteiger partial charge < -0.3 is 16.4 Å². The summed E-state index contributed by atoms with van der Waals surface area (Å²) in [5, 5.41) is 5.81. The molecule has 0 spiro atoms. The molecule has 0 atom stereocenters. The van der Waals surface area contributed by atoms with E-state index in [0.29, 0.717) is 12.4 Å². The van der Waals surface area contributed by atoms with E-state index in [2.05, 4.69) is 20.6 Å². The summed E-state index contributed by atoms with van der Waals surface area (Å²) in [6, 6.07) is 11.1. The summed E-state index contributed by atoms with van der Waals surface area (Å²) in [7, 11) is 0. The zero-order chi connectivity index (χ0) is 17.8. The van der Waals surface area contributed by atoms with Crippen LogP contribution in [0.5, 0.6) is 0 Å². The number of nitrogens with one attached hydrogen (secondary N) is 2. The minimum absolute atomic E-state index is 0.0464. The third-order valence-corrected chi connectivity index (χ3v) is 3.65. The molecule has 3 aromatic rings. The lowest BCUT2D eigenvalue weighted by atomic mass is 10.1. The average Bonchev–Trinajstić information content (AvgIpc) is 2.60. The van der Waals surface area contributed by atoms with E-state index in [4.69, 9.17) is 5.73 Å². The second kappa shape index (κ2) is 7.12. The number of rotatable bonds is 5. The van der Waals surface area contributed by atoms with Gasteiger partial charge >= 0.3 is 0 Å². The van der Waals surface area contributed by atoms with Gasteiger partial charge in [-0.2, -0.15) is 0 Å². The first-order valence-corrected chi connectivity index (χ1v) is 7.65. The molecule has 0 aliphatic carbocycles. The molecule has 0 amide bonds. The highest BCUT2D eigenvalue weighted by molar-refractivity contribution is 5.77. The number of hydrogen-bond donors (Lipinski definition) is 3. The molecule has 1 heterocycles. The number of aromatic nitrogens is 2. The number of nitrogens with two attached hydrogens (primary N) is 1. The Morgan fingerprint density at radius 2 is 1.72 bits per heavy atom. The maximum absolute atomic E-state index is 13.8. The van der Waals surface area contributed by atoms with Crippen molar-refractivity contribution in [3.63, 3.8) is 0 Å². The fourth-order valence-corrected chi connectivity index (χ4v) is 2.25. The van der Waals surface area contributed by atoms with E-state index in [1.54, 1.807) is 0 Å². The molecule has 25 heavy (non-hydrogen) atoms. The first kappa shape index (κ1) is 16.6. The maximum Gasteiger partial charge on any atom is 0.159 e. The first-order chi connectivity index (χ1) is 12.0. The molecule has 0 radical (unpaired) electrons. The molecular formula is C18H17F2N5. The fourth-order valence-electron chi connectivity index (χ4n) is 2.25. The van der Waals surface area contributed by atoms with Gasteiger partial charge in [-0.05, 0) is 24.6 Å². The summed E-state index contributed by atoms with van der Waals surface area (Å²) < 4.78 is 27.0. The van der Waals surface area contributed by atoms with Crippen LogP contribution in [0.3, 0.4) is 0 Å². The van der Waals surface area contributed by atoms with E-state index in [0.717, 1.165) is 23.8 Å². The Morgan fingerprint density at radius 1 is 1.00 bits per heavy atom. The Hall–Kier alpha value is -3.22. The molecule has 0 bridgehead atoms. The summed E-state index contributed by atoms with van der Waals surface area (Å²) in [5.74, 6) is -0.552. The van der Waals surface area contributed by atoms with Crippen LogP contribution >= 0.6 is 0 Å². The number of halogens is 2. The Balaban J connectivity index is 1.77. The van der Waals surface area contributed by atoms with Crippen LogP contribution in [0.4, 0.5) is 31.8 Å². The second-order valence-electron chi connectivity index (χ2n) is 5.57. The number of nitrogen functional groups attached to an aromatic ring is 1. The molecule has 7 heteroatoms. The van der Waals surface area contributed by atoms with Crippen molar-refractivity contribution in [2.24, 2.45) is 0 Å². The normalized spacial score (nSPS) is 10.5. The summed E-state index contributed by atoms with van der Waals surface area (Å²) in [6.45, 7) is 2.54. The minimum Gasteiger partial charge on any atom is -0.393 e. The number of benzene rings is 2. The molecule has 0 aliphatic heterocycles. The van der Waals surface area contributed by atoms with E-state index in [-0.39, 0.29) is 17.2 Å². The highest BCUT2D eigenvalue weighted by atomic mass is 19.1. The monoisotopic (exact) mass is 341 g/mol. The van der Waals surface area contributed by atoms with Crippen molar-refractivity contribution in [1.82, 2.24) is 9.97 Å². The highest BCUT2D eigenvalue weighted by Crippen LogP contribution is 2.27. The number of anilines is 4.